The highest BCUT2D eigenvalue weighted by Crippen LogP contribution is 2.21. The average Bonchev–Trinajstić information content (AvgIpc) is 3.20. The van der Waals surface area contributed by atoms with Gasteiger partial charge >= 0.3 is 0 Å². The van der Waals surface area contributed by atoms with Gasteiger partial charge in [-0.3, -0.25) is 4.79 Å². The van der Waals surface area contributed by atoms with Crippen LogP contribution in [0.4, 0.5) is 4.39 Å². The Labute approximate surface area is 169 Å². The summed E-state index contributed by atoms with van der Waals surface area (Å²) in [5.74, 6) is 0.714. The minimum absolute atomic E-state index is 0.00546. The molecule has 0 aliphatic heterocycles. The molecular weight excluding hydrogens is 369 g/mol. The molecule has 0 saturated carbocycles. The first-order valence-electron chi connectivity index (χ1n) is 9.45. The first kappa shape index (κ1) is 20.3. The van der Waals surface area contributed by atoms with Gasteiger partial charge in [-0.15, -0.1) is 0 Å². The summed E-state index contributed by atoms with van der Waals surface area (Å²) in [5.41, 5.74) is 2.30. The molecule has 29 heavy (non-hydrogen) atoms. The van der Waals surface area contributed by atoms with Crippen molar-refractivity contribution in [2.75, 3.05) is 0 Å². The van der Waals surface area contributed by atoms with E-state index in [2.05, 4.69) is 11.1 Å². The molecule has 1 heterocycles. The minimum atomic E-state index is -0.310. The van der Waals surface area contributed by atoms with Gasteiger partial charge in [0, 0.05) is 31.0 Å². The Morgan fingerprint density at radius 1 is 1.17 bits per heavy atom. The smallest absolute Gasteiger partial charge is 0.223 e. The number of rotatable bonds is 7. The lowest BCUT2D eigenvalue weighted by Gasteiger charge is -2.27. The van der Waals surface area contributed by atoms with Gasteiger partial charge in [0.25, 0.3) is 0 Å². The highest BCUT2D eigenvalue weighted by molar-refractivity contribution is 5.76. The Morgan fingerprint density at radius 3 is 2.48 bits per heavy atom. The Bertz CT molecular complexity index is 1000. The second-order valence-electron chi connectivity index (χ2n) is 7.05. The molecule has 3 aromatic rings. The number of benzene rings is 2. The molecule has 0 saturated heterocycles. The van der Waals surface area contributed by atoms with Crippen molar-refractivity contribution < 1.29 is 13.6 Å². The maximum Gasteiger partial charge on any atom is 0.223 e. The zero-order chi connectivity index (χ0) is 20.8. The normalized spacial score (nSPS) is 10.7. The molecule has 2 aromatic carbocycles. The van der Waals surface area contributed by atoms with E-state index in [1.807, 2.05) is 26.0 Å². The number of hydrogen-bond acceptors (Lipinski definition) is 4. The van der Waals surface area contributed by atoms with Crippen molar-refractivity contribution in [3.63, 3.8) is 0 Å². The molecule has 5 nitrogen and oxygen atoms in total. The van der Waals surface area contributed by atoms with Crippen LogP contribution in [-0.4, -0.2) is 21.8 Å². The fourth-order valence-corrected chi connectivity index (χ4v) is 2.97. The Balaban J connectivity index is 1.61. The van der Waals surface area contributed by atoms with E-state index in [0.29, 0.717) is 30.2 Å². The Kier molecular flexibility index (Phi) is 6.40. The van der Waals surface area contributed by atoms with E-state index >= 15 is 0 Å². The van der Waals surface area contributed by atoms with E-state index in [-0.39, 0.29) is 24.2 Å². The molecule has 0 spiro atoms. The number of hydrogen-bond donors (Lipinski definition) is 0. The summed E-state index contributed by atoms with van der Waals surface area (Å²) in [6, 6.07) is 15.4. The molecular formula is C23H22FN3O2. The molecule has 0 bridgehead atoms. The van der Waals surface area contributed by atoms with Crippen LogP contribution in [0.2, 0.25) is 0 Å². The number of nitriles is 1. The largest absolute Gasteiger partial charge is 0.441 e. The third-order valence-corrected chi connectivity index (χ3v) is 4.61. The molecule has 0 N–H and O–H groups in total. The number of aryl methyl sites for hydroxylation is 1. The fourth-order valence-electron chi connectivity index (χ4n) is 2.97. The summed E-state index contributed by atoms with van der Waals surface area (Å²) < 4.78 is 18.8. The lowest BCUT2D eigenvalue weighted by atomic mass is 10.1. The van der Waals surface area contributed by atoms with Gasteiger partial charge in [0.05, 0.1) is 17.8 Å². The van der Waals surface area contributed by atoms with Crippen LogP contribution in [0.15, 0.2) is 59.1 Å². The molecule has 6 heteroatoms. The van der Waals surface area contributed by atoms with E-state index in [9.17, 15) is 9.18 Å². The fraction of sp³-hybridized carbons (Fsp3) is 0.261. The van der Waals surface area contributed by atoms with E-state index in [0.717, 1.165) is 11.1 Å². The summed E-state index contributed by atoms with van der Waals surface area (Å²) in [7, 11) is 0. The number of nitrogens with zero attached hydrogens (tertiary/aromatic N) is 3. The summed E-state index contributed by atoms with van der Waals surface area (Å²) in [6.45, 7) is 4.42. The molecule has 0 aliphatic carbocycles. The molecule has 148 valence electrons. The van der Waals surface area contributed by atoms with Crippen molar-refractivity contribution in [1.82, 2.24) is 9.88 Å². The molecule has 0 fully saturated rings. The van der Waals surface area contributed by atoms with Crippen molar-refractivity contribution in [2.24, 2.45) is 0 Å². The minimum Gasteiger partial charge on any atom is -0.441 e. The predicted octanol–water partition coefficient (Wildman–Crippen LogP) is 4.72. The van der Waals surface area contributed by atoms with Crippen molar-refractivity contribution >= 4 is 5.91 Å². The summed E-state index contributed by atoms with van der Waals surface area (Å²) >= 11 is 0. The van der Waals surface area contributed by atoms with Crippen LogP contribution in [0.1, 0.15) is 37.3 Å². The van der Waals surface area contributed by atoms with Gasteiger partial charge < -0.3 is 9.32 Å². The molecule has 1 amide bonds. The number of aromatic nitrogens is 1. The summed E-state index contributed by atoms with van der Waals surface area (Å²) in [4.78, 5) is 18.8. The van der Waals surface area contributed by atoms with Crippen LogP contribution in [0, 0.1) is 17.1 Å². The highest BCUT2D eigenvalue weighted by atomic mass is 19.1. The average molecular weight is 391 g/mol. The molecule has 0 atom stereocenters. The van der Waals surface area contributed by atoms with E-state index in [1.54, 1.807) is 35.4 Å². The van der Waals surface area contributed by atoms with Crippen LogP contribution >= 0.6 is 0 Å². The third kappa shape index (κ3) is 5.29. The molecule has 0 radical (unpaired) electrons. The number of amides is 1. The van der Waals surface area contributed by atoms with Gasteiger partial charge in [0.2, 0.25) is 5.91 Å². The summed E-state index contributed by atoms with van der Waals surface area (Å²) in [5, 5.41) is 8.91. The molecule has 1 aromatic heterocycles. The van der Waals surface area contributed by atoms with Crippen LogP contribution in [0.25, 0.3) is 11.3 Å². The monoisotopic (exact) mass is 391 g/mol. The number of carbonyl (C=O) groups is 1. The van der Waals surface area contributed by atoms with Crippen molar-refractivity contribution in [3.8, 4) is 17.4 Å². The van der Waals surface area contributed by atoms with Crippen molar-refractivity contribution in [2.45, 2.75) is 39.3 Å². The lowest BCUT2D eigenvalue weighted by molar-refractivity contribution is -0.133. The molecule has 0 aliphatic rings. The second kappa shape index (κ2) is 9.16. The molecule has 3 rings (SSSR count). The third-order valence-electron chi connectivity index (χ3n) is 4.61. The van der Waals surface area contributed by atoms with E-state index in [1.165, 1.54) is 12.1 Å². The zero-order valence-corrected chi connectivity index (χ0v) is 16.4. The quantitative estimate of drug-likeness (QED) is 0.584. The standard InChI is InChI=1S/C23H22FN3O2/c1-16(2)27(15-18-5-3-17(13-25)4-6-18)23(28)12-11-22-26-14-21(29-22)19-7-9-20(24)10-8-19/h3-10,14,16H,11-12,15H2,1-2H3. The zero-order valence-electron chi connectivity index (χ0n) is 16.4. The van der Waals surface area contributed by atoms with Crippen molar-refractivity contribution in [3.05, 3.63) is 77.6 Å². The number of carbonyl (C=O) groups excluding carboxylic acids is 1. The first-order valence-corrected chi connectivity index (χ1v) is 9.45. The van der Waals surface area contributed by atoms with Gasteiger partial charge in [-0.1, -0.05) is 12.1 Å². The van der Waals surface area contributed by atoms with E-state index < -0.39 is 0 Å². The van der Waals surface area contributed by atoms with Crippen molar-refractivity contribution in [1.29, 1.82) is 5.26 Å². The van der Waals surface area contributed by atoms with Gasteiger partial charge in [-0.05, 0) is 55.8 Å². The van der Waals surface area contributed by atoms with E-state index in [4.69, 9.17) is 9.68 Å². The SMILES string of the molecule is CC(C)N(Cc1ccc(C#N)cc1)C(=O)CCc1ncc(-c2ccc(F)cc2)o1. The number of oxazole rings is 1. The van der Waals surface area contributed by atoms with Gasteiger partial charge in [-0.25, -0.2) is 9.37 Å². The van der Waals surface area contributed by atoms with Crippen LogP contribution in [0.3, 0.4) is 0 Å². The number of halogens is 1. The lowest BCUT2D eigenvalue weighted by Crippen LogP contribution is -2.36. The van der Waals surface area contributed by atoms with Gasteiger partial charge in [0.15, 0.2) is 11.7 Å². The predicted molar refractivity (Wildman–Crippen MR) is 107 cm³/mol. The highest BCUT2D eigenvalue weighted by Gasteiger charge is 2.18. The first-order chi connectivity index (χ1) is 14.0. The Morgan fingerprint density at radius 2 is 1.86 bits per heavy atom. The van der Waals surface area contributed by atoms with Crippen LogP contribution < -0.4 is 0 Å². The Hall–Kier alpha value is -3.46. The molecule has 0 unspecified atom stereocenters. The van der Waals surface area contributed by atoms with Gasteiger partial charge in [-0.2, -0.15) is 5.26 Å². The van der Waals surface area contributed by atoms with Crippen LogP contribution in [0.5, 0.6) is 0 Å². The maximum absolute atomic E-state index is 13.0. The maximum atomic E-state index is 13.0. The second-order valence-corrected chi connectivity index (χ2v) is 7.05. The van der Waals surface area contributed by atoms with Gasteiger partial charge in [0.1, 0.15) is 5.82 Å². The summed E-state index contributed by atoms with van der Waals surface area (Å²) in [6.07, 6.45) is 2.25. The topological polar surface area (TPSA) is 70.1 Å². The van der Waals surface area contributed by atoms with Crippen LogP contribution in [-0.2, 0) is 17.8 Å².